The van der Waals surface area contributed by atoms with E-state index >= 15 is 0 Å². The lowest BCUT2D eigenvalue weighted by molar-refractivity contribution is -0.150. The van der Waals surface area contributed by atoms with Gasteiger partial charge in [-0.25, -0.2) is 0 Å². The summed E-state index contributed by atoms with van der Waals surface area (Å²) >= 11 is 0. The van der Waals surface area contributed by atoms with E-state index in [0.29, 0.717) is 19.4 Å². The average Bonchev–Trinajstić information content (AvgIpc) is 2.74. The summed E-state index contributed by atoms with van der Waals surface area (Å²) in [6.07, 6.45) is 1.18. The van der Waals surface area contributed by atoms with Gasteiger partial charge in [0.15, 0.2) is 0 Å². The van der Waals surface area contributed by atoms with Gasteiger partial charge >= 0.3 is 5.97 Å². The molecule has 150 valence electrons. The molecule has 0 aromatic heterocycles. The molecule has 0 radical (unpaired) electrons. The molecule has 5 nitrogen and oxygen atoms in total. The van der Waals surface area contributed by atoms with Crippen molar-refractivity contribution in [1.29, 1.82) is 0 Å². The van der Waals surface area contributed by atoms with Crippen LogP contribution in [0.3, 0.4) is 0 Å². The summed E-state index contributed by atoms with van der Waals surface area (Å²) in [5.41, 5.74) is 1.43. The zero-order valence-corrected chi connectivity index (χ0v) is 16.8. The van der Waals surface area contributed by atoms with Crippen molar-refractivity contribution < 1.29 is 14.6 Å². The van der Waals surface area contributed by atoms with Crippen molar-refractivity contribution in [3.05, 3.63) is 60.2 Å². The van der Waals surface area contributed by atoms with E-state index in [2.05, 4.69) is 15.9 Å². The Morgan fingerprint density at radius 3 is 2.29 bits per heavy atom. The van der Waals surface area contributed by atoms with Gasteiger partial charge in [-0.1, -0.05) is 49.4 Å². The number of rotatable bonds is 8. The molecule has 1 saturated heterocycles. The third-order valence-electron chi connectivity index (χ3n) is 5.84. The van der Waals surface area contributed by atoms with Gasteiger partial charge in [-0.05, 0) is 30.5 Å². The van der Waals surface area contributed by atoms with E-state index in [1.54, 1.807) is 7.11 Å². The molecule has 0 aliphatic carbocycles. The molecular formula is C23H30N2O3. The molecule has 1 N–H and O–H groups in total. The van der Waals surface area contributed by atoms with Crippen LogP contribution in [0.5, 0.6) is 5.75 Å². The molecule has 1 fully saturated rings. The zero-order valence-electron chi connectivity index (χ0n) is 16.8. The summed E-state index contributed by atoms with van der Waals surface area (Å²) in [6.45, 7) is 6.00. The summed E-state index contributed by atoms with van der Waals surface area (Å²) in [6, 6.07) is 18.0. The second kappa shape index (κ2) is 9.11. The first-order valence-electron chi connectivity index (χ1n) is 9.95. The van der Waals surface area contributed by atoms with Crippen molar-refractivity contribution in [2.24, 2.45) is 5.41 Å². The van der Waals surface area contributed by atoms with Gasteiger partial charge in [-0.15, -0.1) is 0 Å². The van der Waals surface area contributed by atoms with Gasteiger partial charge in [0, 0.05) is 32.7 Å². The van der Waals surface area contributed by atoms with Crippen molar-refractivity contribution in [2.75, 3.05) is 44.7 Å². The second-order valence-electron chi connectivity index (χ2n) is 7.54. The minimum atomic E-state index is -0.756. The van der Waals surface area contributed by atoms with Crippen LogP contribution in [0.1, 0.15) is 18.9 Å². The molecule has 1 aliphatic heterocycles. The standard InChI is InChI=1S/C23H30N2O3/c1-3-23(22(26)27,17-19-9-5-4-6-10-19)18-24-13-15-25(16-14-24)20-11-7-8-12-21(20)28-2/h4-12H,3,13-18H2,1-2H3,(H,26,27). The first kappa shape index (κ1) is 20.2. The van der Waals surface area contributed by atoms with Crippen molar-refractivity contribution >= 4 is 11.7 Å². The molecule has 1 atom stereocenters. The fraction of sp³-hybridized carbons (Fsp3) is 0.435. The van der Waals surface area contributed by atoms with E-state index in [1.165, 1.54) is 0 Å². The molecule has 28 heavy (non-hydrogen) atoms. The Bertz CT molecular complexity index is 772. The number of ether oxygens (including phenoxy) is 1. The highest BCUT2D eigenvalue weighted by molar-refractivity contribution is 5.75. The number of benzene rings is 2. The van der Waals surface area contributed by atoms with E-state index < -0.39 is 11.4 Å². The molecule has 0 amide bonds. The fourth-order valence-electron chi connectivity index (χ4n) is 4.04. The van der Waals surface area contributed by atoms with Gasteiger partial charge in [0.2, 0.25) is 0 Å². The molecule has 3 rings (SSSR count). The Kier molecular flexibility index (Phi) is 6.57. The molecule has 1 aliphatic rings. The fourth-order valence-corrected chi connectivity index (χ4v) is 4.04. The minimum absolute atomic E-state index is 0.562. The number of carbonyl (C=O) groups is 1. The Labute approximate surface area is 167 Å². The Hall–Kier alpha value is -2.53. The number of hydrogen-bond acceptors (Lipinski definition) is 4. The average molecular weight is 383 g/mol. The number of piperazine rings is 1. The van der Waals surface area contributed by atoms with E-state index in [-0.39, 0.29) is 0 Å². The number of aliphatic carboxylic acids is 1. The van der Waals surface area contributed by atoms with Crippen molar-refractivity contribution in [2.45, 2.75) is 19.8 Å². The van der Waals surface area contributed by atoms with Crippen LogP contribution >= 0.6 is 0 Å². The van der Waals surface area contributed by atoms with Gasteiger partial charge in [-0.2, -0.15) is 0 Å². The topological polar surface area (TPSA) is 53.0 Å². The molecule has 0 spiro atoms. The number of carboxylic acid groups (broad SMARTS) is 1. The summed E-state index contributed by atoms with van der Waals surface area (Å²) in [5, 5.41) is 10.1. The van der Waals surface area contributed by atoms with Crippen LogP contribution in [0, 0.1) is 5.41 Å². The smallest absolute Gasteiger partial charge is 0.311 e. The molecular weight excluding hydrogens is 352 g/mol. The normalized spacial score (nSPS) is 17.1. The lowest BCUT2D eigenvalue weighted by Gasteiger charge is -2.40. The van der Waals surface area contributed by atoms with Gasteiger partial charge in [-0.3, -0.25) is 9.69 Å². The SMILES string of the molecule is CCC(Cc1ccccc1)(CN1CCN(c2ccccc2OC)CC1)C(=O)O. The summed E-state index contributed by atoms with van der Waals surface area (Å²) in [7, 11) is 1.70. The van der Waals surface area contributed by atoms with Crippen LogP contribution in [0.4, 0.5) is 5.69 Å². The Morgan fingerprint density at radius 1 is 1.04 bits per heavy atom. The van der Waals surface area contributed by atoms with Crippen molar-refractivity contribution in [3.63, 3.8) is 0 Å². The zero-order chi connectivity index (χ0) is 20.0. The molecule has 0 saturated carbocycles. The first-order chi connectivity index (χ1) is 13.6. The number of carboxylic acids is 1. The quantitative estimate of drug-likeness (QED) is 0.757. The van der Waals surface area contributed by atoms with E-state index in [1.807, 2.05) is 55.5 Å². The molecule has 5 heteroatoms. The number of nitrogens with zero attached hydrogens (tertiary/aromatic N) is 2. The monoisotopic (exact) mass is 382 g/mol. The van der Waals surface area contributed by atoms with Gasteiger partial charge in [0.1, 0.15) is 5.75 Å². The van der Waals surface area contributed by atoms with Gasteiger partial charge in [0.25, 0.3) is 0 Å². The molecule has 0 bridgehead atoms. The highest BCUT2D eigenvalue weighted by Crippen LogP contribution is 2.31. The van der Waals surface area contributed by atoms with Crippen molar-refractivity contribution in [3.8, 4) is 5.75 Å². The highest BCUT2D eigenvalue weighted by atomic mass is 16.5. The van der Waals surface area contributed by atoms with Crippen LogP contribution in [-0.2, 0) is 11.2 Å². The van der Waals surface area contributed by atoms with Gasteiger partial charge in [0.05, 0.1) is 18.2 Å². The van der Waals surface area contributed by atoms with E-state index in [9.17, 15) is 9.90 Å². The Balaban J connectivity index is 1.67. The summed E-state index contributed by atoms with van der Waals surface area (Å²) in [5.74, 6) is 0.180. The third-order valence-corrected chi connectivity index (χ3v) is 5.84. The van der Waals surface area contributed by atoms with Crippen LogP contribution in [-0.4, -0.2) is 55.8 Å². The van der Waals surface area contributed by atoms with E-state index in [0.717, 1.165) is 43.2 Å². The highest BCUT2D eigenvalue weighted by Gasteiger charge is 2.39. The predicted octanol–water partition coefficient (Wildman–Crippen LogP) is 3.54. The third kappa shape index (κ3) is 4.47. The summed E-state index contributed by atoms with van der Waals surface area (Å²) < 4.78 is 5.49. The Morgan fingerprint density at radius 2 is 1.68 bits per heavy atom. The summed E-state index contributed by atoms with van der Waals surface area (Å²) in [4.78, 5) is 16.9. The van der Waals surface area contributed by atoms with Crippen molar-refractivity contribution in [1.82, 2.24) is 4.90 Å². The maximum absolute atomic E-state index is 12.2. The predicted molar refractivity (Wildman–Crippen MR) is 112 cm³/mol. The number of anilines is 1. The number of hydrogen-bond donors (Lipinski definition) is 1. The maximum atomic E-state index is 12.2. The molecule has 1 heterocycles. The van der Waals surface area contributed by atoms with Crippen LogP contribution in [0.2, 0.25) is 0 Å². The lowest BCUT2D eigenvalue weighted by Crippen LogP contribution is -2.52. The largest absolute Gasteiger partial charge is 0.495 e. The van der Waals surface area contributed by atoms with E-state index in [4.69, 9.17) is 4.74 Å². The number of methoxy groups -OCH3 is 1. The molecule has 1 unspecified atom stereocenters. The van der Waals surface area contributed by atoms with Gasteiger partial charge < -0.3 is 14.7 Å². The maximum Gasteiger partial charge on any atom is 0.311 e. The van der Waals surface area contributed by atoms with Crippen LogP contribution < -0.4 is 9.64 Å². The molecule has 2 aromatic carbocycles. The second-order valence-corrected chi connectivity index (χ2v) is 7.54. The molecule has 2 aromatic rings. The van der Waals surface area contributed by atoms with Crippen LogP contribution in [0.25, 0.3) is 0 Å². The minimum Gasteiger partial charge on any atom is -0.495 e. The first-order valence-corrected chi connectivity index (χ1v) is 9.95. The lowest BCUT2D eigenvalue weighted by atomic mass is 9.78. The van der Waals surface area contributed by atoms with Crippen LogP contribution in [0.15, 0.2) is 54.6 Å². The number of para-hydroxylation sites is 2.